The Bertz CT molecular complexity index is 443. The summed E-state index contributed by atoms with van der Waals surface area (Å²) in [6, 6.07) is 5.55. The molecule has 20 heavy (non-hydrogen) atoms. The highest BCUT2D eigenvalue weighted by molar-refractivity contribution is 5.43. The van der Waals surface area contributed by atoms with Crippen LogP contribution in [0.2, 0.25) is 0 Å². The second kappa shape index (κ2) is 6.85. The lowest BCUT2D eigenvalue weighted by Crippen LogP contribution is -2.48. The zero-order chi connectivity index (χ0) is 14.5. The first-order chi connectivity index (χ1) is 9.58. The van der Waals surface area contributed by atoms with Gasteiger partial charge in [-0.05, 0) is 24.6 Å². The molecule has 0 amide bonds. The maximum Gasteiger partial charge on any atom is 0.387 e. The first kappa shape index (κ1) is 15.0. The summed E-state index contributed by atoms with van der Waals surface area (Å²) < 4.78 is 34.0. The number of nitrogens with zero attached hydrogens (tertiary/aromatic N) is 1. The molecule has 1 heterocycles. The summed E-state index contributed by atoms with van der Waals surface area (Å²) in [5, 5.41) is 3.38. The van der Waals surface area contributed by atoms with Crippen molar-refractivity contribution in [2.75, 3.05) is 26.7 Å². The van der Waals surface area contributed by atoms with Gasteiger partial charge >= 0.3 is 6.61 Å². The average Bonchev–Trinajstić information content (AvgIpc) is 2.40. The summed E-state index contributed by atoms with van der Waals surface area (Å²) >= 11 is 0. The third-order valence-corrected chi connectivity index (χ3v) is 3.30. The molecule has 1 aromatic rings. The number of alkyl halides is 2. The number of hydrogen-bond acceptors (Lipinski definition) is 4. The van der Waals surface area contributed by atoms with Gasteiger partial charge in [0.05, 0.1) is 7.11 Å². The van der Waals surface area contributed by atoms with Crippen LogP contribution < -0.4 is 14.8 Å². The van der Waals surface area contributed by atoms with Crippen LogP contribution in [0.4, 0.5) is 8.78 Å². The van der Waals surface area contributed by atoms with Crippen molar-refractivity contribution in [2.45, 2.75) is 26.1 Å². The zero-order valence-corrected chi connectivity index (χ0v) is 11.7. The Morgan fingerprint density at radius 2 is 2.20 bits per heavy atom. The fraction of sp³-hybridized carbons (Fsp3) is 0.571. The summed E-state index contributed by atoms with van der Waals surface area (Å²) in [6.07, 6.45) is 0. The van der Waals surface area contributed by atoms with Gasteiger partial charge in [0.25, 0.3) is 0 Å². The van der Waals surface area contributed by atoms with Crippen LogP contribution in [0.1, 0.15) is 12.5 Å². The van der Waals surface area contributed by atoms with E-state index in [1.807, 2.05) is 0 Å². The molecule has 2 rings (SSSR count). The molecule has 0 bridgehead atoms. The number of ether oxygens (including phenoxy) is 2. The van der Waals surface area contributed by atoms with E-state index >= 15 is 0 Å². The Morgan fingerprint density at radius 3 is 2.85 bits per heavy atom. The molecular formula is C14H20F2N2O2. The van der Waals surface area contributed by atoms with Crippen LogP contribution in [0.3, 0.4) is 0 Å². The topological polar surface area (TPSA) is 33.7 Å². The average molecular weight is 286 g/mol. The largest absolute Gasteiger partial charge is 0.493 e. The van der Waals surface area contributed by atoms with Crippen LogP contribution in [0.25, 0.3) is 0 Å². The van der Waals surface area contributed by atoms with E-state index in [1.165, 1.54) is 13.2 Å². The molecule has 1 saturated heterocycles. The molecule has 1 unspecified atom stereocenters. The smallest absolute Gasteiger partial charge is 0.387 e. The zero-order valence-electron chi connectivity index (χ0n) is 11.7. The molecule has 1 aliphatic rings. The first-order valence-electron chi connectivity index (χ1n) is 6.66. The van der Waals surface area contributed by atoms with Crippen molar-refractivity contribution in [1.82, 2.24) is 10.2 Å². The van der Waals surface area contributed by atoms with Gasteiger partial charge in [-0.1, -0.05) is 6.07 Å². The minimum absolute atomic E-state index is 0.0694. The van der Waals surface area contributed by atoms with Crippen molar-refractivity contribution in [1.29, 1.82) is 0 Å². The molecule has 0 aromatic heterocycles. The number of nitrogens with one attached hydrogen (secondary N) is 1. The van der Waals surface area contributed by atoms with Gasteiger partial charge in [0.15, 0.2) is 11.5 Å². The lowest BCUT2D eigenvalue weighted by atomic mass is 10.1. The number of hydrogen-bond donors (Lipinski definition) is 1. The lowest BCUT2D eigenvalue weighted by Gasteiger charge is -2.31. The molecule has 0 saturated carbocycles. The Hall–Kier alpha value is -1.40. The van der Waals surface area contributed by atoms with Crippen LogP contribution >= 0.6 is 0 Å². The number of methoxy groups -OCH3 is 1. The third kappa shape index (κ3) is 4.05. The highest BCUT2D eigenvalue weighted by Crippen LogP contribution is 2.29. The minimum Gasteiger partial charge on any atom is -0.493 e. The van der Waals surface area contributed by atoms with E-state index in [0.29, 0.717) is 11.8 Å². The van der Waals surface area contributed by atoms with Gasteiger partial charge in [0.2, 0.25) is 0 Å². The van der Waals surface area contributed by atoms with E-state index < -0.39 is 6.61 Å². The van der Waals surface area contributed by atoms with Crippen LogP contribution in [-0.4, -0.2) is 44.3 Å². The number of piperazine rings is 1. The fourth-order valence-corrected chi connectivity index (χ4v) is 2.42. The predicted molar refractivity (Wildman–Crippen MR) is 72.4 cm³/mol. The Kier molecular flexibility index (Phi) is 5.14. The SMILES string of the molecule is COc1cc(CN2CCNC(C)C2)ccc1OC(F)F. The molecule has 0 spiro atoms. The lowest BCUT2D eigenvalue weighted by molar-refractivity contribution is -0.0512. The maximum absolute atomic E-state index is 12.3. The van der Waals surface area contributed by atoms with E-state index in [4.69, 9.17) is 4.74 Å². The van der Waals surface area contributed by atoms with Crippen molar-refractivity contribution in [2.24, 2.45) is 0 Å². The molecule has 0 radical (unpaired) electrons. The molecule has 0 aliphatic carbocycles. The van der Waals surface area contributed by atoms with E-state index in [-0.39, 0.29) is 5.75 Å². The summed E-state index contributed by atoms with van der Waals surface area (Å²) in [7, 11) is 1.45. The second-order valence-corrected chi connectivity index (χ2v) is 4.95. The predicted octanol–water partition coefficient (Wildman–Crippen LogP) is 2.09. The third-order valence-electron chi connectivity index (χ3n) is 3.30. The molecule has 6 heteroatoms. The molecule has 1 fully saturated rings. The van der Waals surface area contributed by atoms with Crippen LogP contribution in [0.5, 0.6) is 11.5 Å². The first-order valence-corrected chi connectivity index (χ1v) is 6.66. The van der Waals surface area contributed by atoms with Crippen LogP contribution in [0, 0.1) is 0 Å². The molecule has 1 atom stereocenters. The summed E-state index contributed by atoms with van der Waals surface area (Å²) in [5.74, 6) is 0.408. The molecule has 1 aliphatic heterocycles. The normalized spacial score (nSPS) is 20.1. The Labute approximate surface area is 117 Å². The summed E-state index contributed by atoms with van der Waals surface area (Å²) in [6.45, 7) is 2.98. The van der Waals surface area contributed by atoms with Crippen LogP contribution in [0.15, 0.2) is 18.2 Å². The van der Waals surface area contributed by atoms with Gasteiger partial charge < -0.3 is 14.8 Å². The number of benzene rings is 1. The fourth-order valence-electron chi connectivity index (χ4n) is 2.42. The molecule has 1 aromatic carbocycles. The van der Waals surface area contributed by atoms with Crippen molar-refractivity contribution in [3.63, 3.8) is 0 Å². The minimum atomic E-state index is -2.84. The van der Waals surface area contributed by atoms with Gasteiger partial charge in [-0.2, -0.15) is 8.78 Å². The summed E-state index contributed by atoms with van der Waals surface area (Å²) in [4.78, 5) is 2.32. The second-order valence-electron chi connectivity index (χ2n) is 4.95. The van der Waals surface area contributed by atoms with Crippen molar-refractivity contribution in [3.8, 4) is 11.5 Å². The monoisotopic (exact) mass is 286 g/mol. The highest BCUT2D eigenvalue weighted by Gasteiger charge is 2.17. The van der Waals surface area contributed by atoms with E-state index in [1.54, 1.807) is 12.1 Å². The van der Waals surface area contributed by atoms with Crippen molar-refractivity contribution < 1.29 is 18.3 Å². The van der Waals surface area contributed by atoms with E-state index in [9.17, 15) is 8.78 Å². The van der Waals surface area contributed by atoms with Crippen molar-refractivity contribution in [3.05, 3.63) is 23.8 Å². The Balaban J connectivity index is 2.05. The van der Waals surface area contributed by atoms with E-state index in [0.717, 1.165) is 31.7 Å². The highest BCUT2D eigenvalue weighted by atomic mass is 19.3. The standard InChI is InChI=1S/C14H20F2N2O2/c1-10-8-18(6-5-17-10)9-11-3-4-12(20-14(15)16)13(7-11)19-2/h3-4,7,10,14,17H,5-6,8-9H2,1-2H3. The van der Waals surface area contributed by atoms with Gasteiger partial charge in [-0.3, -0.25) is 4.90 Å². The molecule has 1 N–H and O–H groups in total. The molecule has 4 nitrogen and oxygen atoms in total. The number of halogens is 2. The van der Waals surface area contributed by atoms with Gasteiger partial charge in [-0.15, -0.1) is 0 Å². The quantitative estimate of drug-likeness (QED) is 0.898. The van der Waals surface area contributed by atoms with Crippen molar-refractivity contribution >= 4 is 0 Å². The number of rotatable bonds is 5. The van der Waals surface area contributed by atoms with Gasteiger partial charge in [-0.25, -0.2) is 0 Å². The van der Waals surface area contributed by atoms with E-state index in [2.05, 4.69) is 21.9 Å². The maximum atomic E-state index is 12.3. The Morgan fingerprint density at radius 1 is 1.40 bits per heavy atom. The summed E-state index contributed by atoms with van der Waals surface area (Å²) in [5.41, 5.74) is 1.03. The van der Waals surface area contributed by atoms with Gasteiger partial charge in [0, 0.05) is 32.2 Å². The molecule has 112 valence electrons. The molecular weight excluding hydrogens is 266 g/mol. The van der Waals surface area contributed by atoms with Crippen LogP contribution in [-0.2, 0) is 6.54 Å². The van der Waals surface area contributed by atoms with Gasteiger partial charge in [0.1, 0.15) is 0 Å².